The molecule has 3 aliphatic rings. The van der Waals surface area contributed by atoms with Crippen LogP contribution in [0.1, 0.15) is 59.7 Å². The number of esters is 1. The Balaban J connectivity index is 1.34. The Morgan fingerprint density at radius 1 is 1.04 bits per heavy atom. The summed E-state index contributed by atoms with van der Waals surface area (Å²) in [6.45, 7) is 5.35. The van der Waals surface area contributed by atoms with Crippen LogP contribution in [0.5, 0.6) is 5.75 Å². The minimum atomic E-state index is -3.60. The van der Waals surface area contributed by atoms with Gasteiger partial charge in [-0.15, -0.1) is 0 Å². The summed E-state index contributed by atoms with van der Waals surface area (Å²) in [7, 11) is -0.729. The fourth-order valence-electron chi connectivity index (χ4n) is 8.47. The number of anilines is 2. The van der Waals surface area contributed by atoms with Crippen molar-refractivity contribution in [1.82, 2.24) is 4.90 Å². The number of ether oxygens (including phenoxy) is 3. The highest BCUT2D eigenvalue weighted by Gasteiger charge is 2.67. The maximum atomic E-state index is 16.6. The molecule has 1 saturated heterocycles. The second-order valence-electron chi connectivity index (χ2n) is 14.7. The van der Waals surface area contributed by atoms with Crippen molar-refractivity contribution >= 4 is 43.5 Å². The number of carbonyl (C=O) groups is 4. The molecule has 0 bridgehead atoms. The lowest BCUT2D eigenvalue weighted by Crippen LogP contribution is -2.48. The van der Waals surface area contributed by atoms with Crippen LogP contribution in [0, 0.1) is 5.92 Å². The van der Waals surface area contributed by atoms with E-state index in [9.17, 15) is 24.3 Å². The van der Waals surface area contributed by atoms with Crippen LogP contribution < -0.4 is 15.0 Å². The monoisotopic (exact) mass is 745 g/mol. The number of unbranched alkanes of at least 4 members (excludes halogenated alkanes) is 1. The highest BCUT2D eigenvalue weighted by atomic mass is 28.4. The first-order chi connectivity index (χ1) is 25.3. The summed E-state index contributed by atoms with van der Waals surface area (Å²) in [5.41, 5.74) is 1.59. The lowest BCUT2D eigenvalue weighted by Gasteiger charge is -2.37. The van der Waals surface area contributed by atoms with Crippen LogP contribution in [-0.2, 0) is 42.4 Å². The fourth-order valence-corrected chi connectivity index (χ4v) is 11.0. The Bertz CT molecular complexity index is 1870. The molecule has 53 heavy (non-hydrogen) atoms. The number of benzene rings is 3. The molecule has 5 atom stereocenters. The third-order valence-corrected chi connectivity index (χ3v) is 13.5. The smallest absolute Gasteiger partial charge is 0.305 e. The van der Waals surface area contributed by atoms with Gasteiger partial charge in [0.1, 0.15) is 5.75 Å². The van der Waals surface area contributed by atoms with Crippen molar-refractivity contribution in [3.8, 4) is 5.75 Å². The normalized spacial score (nSPS) is 23.5. The minimum Gasteiger partial charge on any atom is -0.497 e. The molecule has 3 aliphatic heterocycles. The number of hydrogen-bond donors (Lipinski definition) is 2. The van der Waals surface area contributed by atoms with Gasteiger partial charge in [-0.3, -0.25) is 19.2 Å². The van der Waals surface area contributed by atoms with Gasteiger partial charge in [0.15, 0.2) is 5.60 Å². The number of rotatable bonds is 12. The SMILES string of the molecule is COC(=O)CCCCN1C(=O)[C@]2(O[C@H](CC(=O)N3Cc4ccccc4C[C@H]3CO)[C@@H]([Si](C)(C)F)[C@@H]2C)c2cc(NC(=O)c3ccc(OC)cc3)ccc21. The van der Waals surface area contributed by atoms with Gasteiger partial charge in [0, 0.05) is 47.8 Å². The molecule has 3 aromatic carbocycles. The van der Waals surface area contributed by atoms with Gasteiger partial charge < -0.3 is 38.5 Å². The summed E-state index contributed by atoms with van der Waals surface area (Å²) >= 11 is 0. The van der Waals surface area contributed by atoms with Crippen LogP contribution in [0.15, 0.2) is 66.7 Å². The third kappa shape index (κ3) is 7.34. The van der Waals surface area contributed by atoms with Crippen molar-refractivity contribution in [2.45, 2.75) is 82.0 Å². The van der Waals surface area contributed by atoms with Gasteiger partial charge in [-0.05, 0) is 85.9 Å². The average molecular weight is 746 g/mol. The number of hydrogen-bond acceptors (Lipinski definition) is 8. The molecule has 0 radical (unpaired) electrons. The van der Waals surface area contributed by atoms with Gasteiger partial charge in [0.2, 0.25) is 14.3 Å². The molecule has 11 nitrogen and oxygen atoms in total. The van der Waals surface area contributed by atoms with E-state index in [1.54, 1.807) is 72.5 Å². The number of nitrogens with one attached hydrogen (secondary N) is 1. The van der Waals surface area contributed by atoms with Crippen LogP contribution in [0.4, 0.5) is 15.5 Å². The molecule has 3 amide bonds. The average Bonchev–Trinajstić information content (AvgIpc) is 3.57. The van der Waals surface area contributed by atoms with Crippen LogP contribution in [0.25, 0.3) is 0 Å². The van der Waals surface area contributed by atoms with Gasteiger partial charge in [-0.1, -0.05) is 31.2 Å². The van der Waals surface area contributed by atoms with Gasteiger partial charge in [-0.2, -0.15) is 0 Å². The number of nitrogens with zero attached hydrogens (tertiary/aromatic N) is 2. The Morgan fingerprint density at radius 2 is 1.75 bits per heavy atom. The number of aliphatic hydroxyl groups excluding tert-OH is 1. The maximum Gasteiger partial charge on any atom is 0.305 e. The number of fused-ring (bicyclic) bond motifs is 3. The molecule has 13 heteroatoms. The zero-order valence-electron chi connectivity index (χ0n) is 30.9. The van der Waals surface area contributed by atoms with Crippen molar-refractivity contribution in [3.63, 3.8) is 0 Å². The molecule has 0 unspecified atom stereocenters. The Labute approximate surface area is 310 Å². The van der Waals surface area contributed by atoms with E-state index in [-0.39, 0.29) is 49.7 Å². The second-order valence-corrected chi connectivity index (χ2v) is 18.5. The van der Waals surface area contributed by atoms with Crippen LogP contribution in [0.2, 0.25) is 18.6 Å². The molecule has 282 valence electrons. The molecular formula is C40H48FN3O8Si. The summed E-state index contributed by atoms with van der Waals surface area (Å²) in [4.78, 5) is 57.3. The fraction of sp³-hybridized carbons (Fsp3) is 0.450. The van der Waals surface area contributed by atoms with Crippen molar-refractivity contribution in [1.29, 1.82) is 0 Å². The number of amides is 3. The molecule has 1 spiro atoms. The maximum absolute atomic E-state index is 16.6. The topological polar surface area (TPSA) is 135 Å². The predicted octanol–water partition coefficient (Wildman–Crippen LogP) is 5.75. The summed E-state index contributed by atoms with van der Waals surface area (Å²) in [5, 5.41) is 13.2. The van der Waals surface area contributed by atoms with Gasteiger partial charge in [-0.25, -0.2) is 0 Å². The van der Waals surface area contributed by atoms with Crippen molar-refractivity contribution in [3.05, 3.63) is 89.0 Å². The van der Waals surface area contributed by atoms with Crippen molar-refractivity contribution < 1.29 is 42.6 Å². The molecule has 0 aliphatic carbocycles. The summed E-state index contributed by atoms with van der Waals surface area (Å²) in [6.07, 6.45) is 0.594. The van der Waals surface area contributed by atoms with E-state index in [1.165, 1.54) is 7.11 Å². The quantitative estimate of drug-likeness (QED) is 0.104. The van der Waals surface area contributed by atoms with Crippen LogP contribution >= 0.6 is 0 Å². The molecule has 2 N–H and O–H groups in total. The van der Waals surface area contributed by atoms with Crippen LogP contribution in [0.3, 0.4) is 0 Å². The standard InChI is InChI=1S/C40H48FN3O8Si/c1-25-37(53(4,5)41)34(22-35(46)44-23-28-11-7-6-10-27(28)20-30(44)24-45)52-40(25)32-21-29(42-38(48)26-13-16-31(50-2)17-14-26)15-18-33(32)43(39(40)49)19-9-8-12-36(47)51-3/h6-7,10-11,13-18,21,25,30,34,37,45H,8-9,12,19-20,22-24H2,1-5H3,(H,42,48)/t25-,30-,34+,37-,40+/m0/s1. The summed E-state index contributed by atoms with van der Waals surface area (Å²) in [6, 6.07) is 19.2. The third-order valence-electron chi connectivity index (χ3n) is 11.1. The molecule has 6 rings (SSSR count). The lowest BCUT2D eigenvalue weighted by molar-refractivity contribution is -0.151. The van der Waals surface area contributed by atoms with Gasteiger partial charge >= 0.3 is 5.97 Å². The molecule has 0 saturated carbocycles. The molecule has 3 aromatic rings. The van der Waals surface area contributed by atoms with E-state index < -0.39 is 37.6 Å². The summed E-state index contributed by atoms with van der Waals surface area (Å²) in [5.74, 6) is -1.41. The first kappa shape index (κ1) is 38.1. The van der Waals surface area contributed by atoms with E-state index in [2.05, 4.69) is 5.32 Å². The first-order valence-corrected chi connectivity index (χ1v) is 21.1. The van der Waals surface area contributed by atoms with E-state index in [0.717, 1.165) is 11.1 Å². The number of carbonyl (C=O) groups excluding carboxylic acids is 4. The second kappa shape index (κ2) is 15.4. The van der Waals surface area contributed by atoms with Gasteiger partial charge in [0.25, 0.3) is 11.8 Å². The molecule has 3 heterocycles. The zero-order chi connectivity index (χ0) is 38.1. The first-order valence-electron chi connectivity index (χ1n) is 18.1. The molecular weight excluding hydrogens is 698 g/mol. The van der Waals surface area contributed by atoms with Crippen molar-refractivity contribution in [2.24, 2.45) is 5.92 Å². The number of methoxy groups -OCH3 is 2. The van der Waals surface area contributed by atoms with E-state index in [4.69, 9.17) is 14.2 Å². The number of halogens is 1. The van der Waals surface area contributed by atoms with Crippen molar-refractivity contribution in [2.75, 3.05) is 37.6 Å². The Morgan fingerprint density at radius 3 is 2.42 bits per heavy atom. The predicted molar refractivity (Wildman–Crippen MR) is 200 cm³/mol. The van der Waals surface area contributed by atoms with E-state index in [0.29, 0.717) is 54.1 Å². The van der Waals surface area contributed by atoms with E-state index >= 15 is 4.11 Å². The van der Waals surface area contributed by atoms with Crippen LogP contribution in [-0.4, -0.2) is 81.6 Å². The Hall–Kier alpha value is -4.59. The molecule has 1 fully saturated rings. The zero-order valence-corrected chi connectivity index (χ0v) is 31.9. The molecule has 0 aromatic heterocycles. The minimum absolute atomic E-state index is 0.161. The largest absolute Gasteiger partial charge is 0.497 e. The Kier molecular flexibility index (Phi) is 11.1. The summed E-state index contributed by atoms with van der Waals surface area (Å²) < 4.78 is 33.4. The highest BCUT2D eigenvalue weighted by Crippen LogP contribution is 2.60. The van der Waals surface area contributed by atoms with Gasteiger partial charge in [0.05, 0.1) is 45.1 Å². The number of aliphatic hydroxyl groups is 1. The lowest BCUT2D eigenvalue weighted by atomic mass is 9.82. The highest BCUT2D eigenvalue weighted by molar-refractivity contribution is 6.72. The van der Waals surface area contributed by atoms with E-state index in [1.807, 2.05) is 31.2 Å².